The third-order valence-corrected chi connectivity index (χ3v) is 4.37. The molecular formula is C21H29IN4O3. The van der Waals surface area contributed by atoms with Gasteiger partial charge in [0.15, 0.2) is 17.5 Å². The molecule has 2 N–H and O–H groups in total. The Labute approximate surface area is 189 Å². The number of halogens is 1. The lowest BCUT2D eigenvalue weighted by Gasteiger charge is -2.15. The molecule has 1 aromatic heterocycles. The number of rotatable bonds is 9. The zero-order valence-electron chi connectivity index (χ0n) is 17.1. The average Bonchev–Trinajstić information content (AvgIpc) is 3.55. The molecule has 0 spiro atoms. The molecule has 1 aliphatic rings. The van der Waals surface area contributed by atoms with Gasteiger partial charge in [0, 0.05) is 37.6 Å². The van der Waals surface area contributed by atoms with Gasteiger partial charge in [0.05, 0.1) is 20.3 Å². The first kappa shape index (κ1) is 23.1. The fourth-order valence-corrected chi connectivity index (χ4v) is 2.61. The maximum absolute atomic E-state index is 5.67. The predicted octanol–water partition coefficient (Wildman–Crippen LogP) is 4.08. The molecule has 1 fully saturated rings. The van der Waals surface area contributed by atoms with Gasteiger partial charge in [0.1, 0.15) is 0 Å². The van der Waals surface area contributed by atoms with Crippen LogP contribution in [0, 0.1) is 5.92 Å². The Hall–Kier alpha value is -2.23. The Morgan fingerprint density at radius 1 is 1.17 bits per heavy atom. The maximum atomic E-state index is 5.67. The molecule has 8 heteroatoms. The summed E-state index contributed by atoms with van der Waals surface area (Å²) in [5, 5.41) is 6.54. The van der Waals surface area contributed by atoms with Crippen LogP contribution in [0.25, 0.3) is 0 Å². The molecule has 0 radical (unpaired) electrons. The number of guanidine groups is 1. The molecular weight excluding hydrogens is 483 g/mol. The number of methoxy groups -OCH3 is 1. The number of benzene rings is 1. The Kier molecular flexibility index (Phi) is 9.30. The van der Waals surface area contributed by atoms with Crippen molar-refractivity contribution in [2.75, 3.05) is 32.7 Å². The Morgan fingerprint density at radius 2 is 2.00 bits per heavy atom. The number of pyridine rings is 1. The van der Waals surface area contributed by atoms with Crippen molar-refractivity contribution in [3.63, 3.8) is 0 Å². The van der Waals surface area contributed by atoms with E-state index in [1.54, 1.807) is 14.2 Å². The predicted molar refractivity (Wildman–Crippen MR) is 126 cm³/mol. The van der Waals surface area contributed by atoms with Crippen LogP contribution in [0.3, 0.4) is 0 Å². The van der Waals surface area contributed by atoms with Gasteiger partial charge in [-0.3, -0.25) is 4.99 Å². The largest absolute Gasteiger partial charge is 0.493 e. The van der Waals surface area contributed by atoms with Gasteiger partial charge in [0.2, 0.25) is 5.88 Å². The highest BCUT2D eigenvalue weighted by atomic mass is 127. The second-order valence-electron chi connectivity index (χ2n) is 6.61. The summed E-state index contributed by atoms with van der Waals surface area (Å²) in [4.78, 5) is 8.63. The molecule has 7 nitrogen and oxygen atoms in total. The van der Waals surface area contributed by atoms with E-state index in [4.69, 9.17) is 14.2 Å². The number of nitrogens with one attached hydrogen (secondary N) is 2. The van der Waals surface area contributed by atoms with Gasteiger partial charge in [-0.25, -0.2) is 4.98 Å². The van der Waals surface area contributed by atoms with Crippen LogP contribution in [0.4, 0.5) is 5.69 Å². The van der Waals surface area contributed by atoms with Crippen LogP contribution in [0.1, 0.15) is 25.3 Å². The fourth-order valence-electron chi connectivity index (χ4n) is 2.61. The molecule has 0 saturated heterocycles. The van der Waals surface area contributed by atoms with Gasteiger partial charge in [-0.15, -0.1) is 24.0 Å². The van der Waals surface area contributed by atoms with E-state index in [0.29, 0.717) is 36.5 Å². The minimum Gasteiger partial charge on any atom is -0.493 e. The maximum Gasteiger partial charge on any atom is 0.213 e. The van der Waals surface area contributed by atoms with Crippen LogP contribution in [0.2, 0.25) is 0 Å². The molecule has 158 valence electrons. The fraction of sp³-hybridized carbons (Fsp3) is 0.429. The summed E-state index contributed by atoms with van der Waals surface area (Å²) in [5.74, 6) is 3.45. The van der Waals surface area contributed by atoms with Crippen LogP contribution in [0.15, 0.2) is 41.5 Å². The van der Waals surface area contributed by atoms with E-state index in [0.717, 1.165) is 23.8 Å². The highest BCUT2D eigenvalue weighted by Crippen LogP contribution is 2.30. The van der Waals surface area contributed by atoms with E-state index in [1.807, 2.05) is 43.5 Å². The van der Waals surface area contributed by atoms with Crippen molar-refractivity contribution < 1.29 is 14.2 Å². The zero-order valence-corrected chi connectivity index (χ0v) is 19.4. The summed E-state index contributed by atoms with van der Waals surface area (Å²) in [6, 6.07) is 9.60. The van der Waals surface area contributed by atoms with Crippen molar-refractivity contribution in [1.29, 1.82) is 0 Å². The molecule has 0 aliphatic heterocycles. The van der Waals surface area contributed by atoms with Crippen molar-refractivity contribution >= 4 is 35.6 Å². The molecule has 3 rings (SSSR count). The molecule has 1 aromatic carbocycles. The number of hydrogen-bond donors (Lipinski definition) is 2. The lowest BCUT2D eigenvalue weighted by atomic mass is 10.2. The average molecular weight is 512 g/mol. The summed E-state index contributed by atoms with van der Waals surface area (Å²) < 4.78 is 16.6. The minimum absolute atomic E-state index is 0. The Bertz CT molecular complexity index is 795. The standard InChI is InChI=1S/C21H28N4O3.HI/c1-4-27-19-11-17(8-9-18(19)26-3)25-21(22-2)24-13-16-7-10-20(23-12-16)28-14-15-5-6-15;/h7-12,15H,4-6,13-14H2,1-3H3,(H2,22,24,25);1H. The number of nitrogens with zero attached hydrogens (tertiary/aromatic N) is 2. The van der Waals surface area contributed by atoms with Crippen molar-refractivity contribution in [3.8, 4) is 17.4 Å². The monoisotopic (exact) mass is 512 g/mol. The van der Waals surface area contributed by atoms with Gasteiger partial charge in [-0.2, -0.15) is 0 Å². The smallest absolute Gasteiger partial charge is 0.213 e. The Morgan fingerprint density at radius 3 is 2.62 bits per heavy atom. The van der Waals surface area contributed by atoms with E-state index in [-0.39, 0.29) is 24.0 Å². The lowest BCUT2D eigenvalue weighted by Crippen LogP contribution is -2.30. The summed E-state index contributed by atoms with van der Waals surface area (Å²) in [7, 11) is 3.36. The first-order valence-electron chi connectivity index (χ1n) is 9.58. The lowest BCUT2D eigenvalue weighted by molar-refractivity contribution is 0.288. The summed E-state index contributed by atoms with van der Waals surface area (Å²) in [6.45, 7) is 3.88. The molecule has 0 unspecified atom stereocenters. The molecule has 1 saturated carbocycles. The van der Waals surface area contributed by atoms with Gasteiger partial charge in [-0.05, 0) is 43.4 Å². The molecule has 0 atom stereocenters. The number of anilines is 1. The minimum atomic E-state index is 0. The highest BCUT2D eigenvalue weighted by molar-refractivity contribution is 14.0. The molecule has 0 amide bonds. The zero-order chi connectivity index (χ0) is 19.8. The normalized spacial score (nSPS) is 13.3. The quantitative estimate of drug-likeness (QED) is 0.300. The van der Waals surface area contributed by atoms with Gasteiger partial charge >= 0.3 is 0 Å². The van der Waals surface area contributed by atoms with Crippen molar-refractivity contribution in [2.24, 2.45) is 10.9 Å². The topological polar surface area (TPSA) is 77.0 Å². The van der Waals surface area contributed by atoms with Crippen molar-refractivity contribution in [2.45, 2.75) is 26.3 Å². The molecule has 29 heavy (non-hydrogen) atoms. The molecule has 0 bridgehead atoms. The van der Waals surface area contributed by atoms with Crippen LogP contribution in [0.5, 0.6) is 17.4 Å². The number of aromatic nitrogens is 1. The first-order chi connectivity index (χ1) is 13.7. The van der Waals surface area contributed by atoms with Crippen molar-refractivity contribution in [1.82, 2.24) is 10.3 Å². The Balaban J connectivity index is 0.00000300. The number of aliphatic imine (C=N–C) groups is 1. The second-order valence-corrected chi connectivity index (χ2v) is 6.61. The van der Waals surface area contributed by atoms with E-state index in [9.17, 15) is 0 Å². The van der Waals surface area contributed by atoms with Crippen LogP contribution in [-0.2, 0) is 6.54 Å². The third kappa shape index (κ3) is 7.26. The first-order valence-corrected chi connectivity index (χ1v) is 9.58. The summed E-state index contributed by atoms with van der Waals surface area (Å²) in [5.41, 5.74) is 1.91. The van der Waals surface area contributed by atoms with E-state index >= 15 is 0 Å². The third-order valence-electron chi connectivity index (χ3n) is 4.37. The van der Waals surface area contributed by atoms with Gasteiger partial charge < -0.3 is 24.8 Å². The highest BCUT2D eigenvalue weighted by Gasteiger charge is 2.22. The molecule has 1 heterocycles. The van der Waals surface area contributed by atoms with Gasteiger partial charge in [0.25, 0.3) is 0 Å². The van der Waals surface area contributed by atoms with Crippen LogP contribution in [-0.4, -0.2) is 38.3 Å². The van der Waals surface area contributed by atoms with E-state index < -0.39 is 0 Å². The van der Waals surface area contributed by atoms with Gasteiger partial charge in [-0.1, -0.05) is 6.07 Å². The van der Waals surface area contributed by atoms with Crippen LogP contribution >= 0.6 is 24.0 Å². The SMILES string of the molecule is CCOc1cc(NC(=NC)NCc2ccc(OCC3CC3)nc2)ccc1OC.I. The summed E-state index contributed by atoms with van der Waals surface area (Å²) in [6.07, 6.45) is 4.37. The molecule has 1 aliphatic carbocycles. The second kappa shape index (κ2) is 11.7. The van der Waals surface area contributed by atoms with Crippen LogP contribution < -0.4 is 24.8 Å². The molecule has 2 aromatic rings. The van der Waals surface area contributed by atoms with E-state index in [1.165, 1.54) is 12.8 Å². The number of hydrogen-bond acceptors (Lipinski definition) is 5. The van der Waals surface area contributed by atoms with Crippen molar-refractivity contribution in [3.05, 3.63) is 42.1 Å². The summed E-state index contributed by atoms with van der Waals surface area (Å²) >= 11 is 0. The number of ether oxygens (including phenoxy) is 3. The van der Waals surface area contributed by atoms with E-state index in [2.05, 4.69) is 20.6 Å².